The second kappa shape index (κ2) is 8.88. The first-order chi connectivity index (χ1) is 11.6. The second-order valence-electron chi connectivity index (χ2n) is 5.10. The summed E-state index contributed by atoms with van der Waals surface area (Å²) in [5, 5.41) is 2.98. The summed E-state index contributed by atoms with van der Waals surface area (Å²) in [5.74, 6) is 1.36. The lowest BCUT2D eigenvalue weighted by molar-refractivity contribution is -0.499. The molecule has 0 bridgehead atoms. The largest absolute Gasteiger partial charge is 0.493 e. The molecule has 0 spiro atoms. The maximum absolute atomic E-state index is 5.94. The number of rotatable bonds is 7. The number of hydrogen-bond donors (Lipinski definition) is 3. The number of methoxy groups -OCH3 is 1. The van der Waals surface area contributed by atoms with Crippen LogP contribution in [-0.2, 0) is 13.0 Å². The smallest absolute Gasteiger partial charge is 0.221 e. The van der Waals surface area contributed by atoms with Gasteiger partial charge in [-0.2, -0.15) is 0 Å². The fourth-order valence-corrected chi connectivity index (χ4v) is 2.34. The third kappa shape index (κ3) is 4.96. The number of thiocarbonyl (C=S) groups is 1. The molecule has 0 saturated carbocycles. The Kier molecular flexibility index (Phi) is 6.57. The molecule has 0 aliphatic rings. The van der Waals surface area contributed by atoms with Crippen LogP contribution in [0.3, 0.4) is 0 Å². The van der Waals surface area contributed by atoms with Crippen molar-refractivity contribution in [3.8, 4) is 11.5 Å². The molecule has 2 aromatic carbocycles. The first kappa shape index (κ1) is 17.7. The van der Waals surface area contributed by atoms with E-state index in [1.54, 1.807) is 13.3 Å². The molecular formula is C18H22N3O2S+. The van der Waals surface area contributed by atoms with Crippen LogP contribution in [-0.4, -0.2) is 18.4 Å². The van der Waals surface area contributed by atoms with Gasteiger partial charge in [-0.3, -0.25) is 0 Å². The summed E-state index contributed by atoms with van der Waals surface area (Å²) in [7, 11) is 1.62. The Morgan fingerprint density at radius 3 is 2.62 bits per heavy atom. The van der Waals surface area contributed by atoms with Gasteiger partial charge in [0.05, 0.1) is 7.11 Å². The molecule has 0 aliphatic carbocycles. The van der Waals surface area contributed by atoms with E-state index in [1.807, 2.05) is 30.3 Å². The highest BCUT2D eigenvalue weighted by Crippen LogP contribution is 2.28. The van der Waals surface area contributed by atoms with Crippen molar-refractivity contribution in [2.75, 3.05) is 7.11 Å². The minimum Gasteiger partial charge on any atom is -0.493 e. The van der Waals surface area contributed by atoms with Crippen LogP contribution in [0.25, 0.3) is 0 Å². The van der Waals surface area contributed by atoms with Crippen molar-refractivity contribution in [3.63, 3.8) is 0 Å². The molecule has 0 saturated heterocycles. The molecule has 0 aliphatic heterocycles. The summed E-state index contributed by atoms with van der Waals surface area (Å²) in [6.45, 7) is 2.64. The van der Waals surface area contributed by atoms with E-state index in [0.29, 0.717) is 18.1 Å². The molecule has 4 N–H and O–H groups in total. The van der Waals surface area contributed by atoms with E-state index in [1.165, 1.54) is 11.1 Å². The van der Waals surface area contributed by atoms with Crippen molar-refractivity contribution in [2.24, 2.45) is 5.73 Å². The van der Waals surface area contributed by atoms with E-state index in [0.717, 1.165) is 12.0 Å². The molecule has 0 amide bonds. The van der Waals surface area contributed by atoms with Crippen LogP contribution in [0.15, 0.2) is 42.5 Å². The van der Waals surface area contributed by atoms with Gasteiger partial charge in [0.15, 0.2) is 17.7 Å². The monoisotopic (exact) mass is 344 g/mol. The third-order valence-corrected chi connectivity index (χ3v) is 3.61. The Bertz CT molecular complexity index is 732. The van der Waals surface area contributed by atoms with Crippen LogP contribution < -0.4 is 25.7 Å². The molecule has 0 radical (unpaired) electrons. The Hall–Kier alpha value is -2.60. The van der Waals surface area contributed by atoms with Gasteiger partial charge in [0.25, 0.3) is 0 Å². The van der Waals surface area contributed by atoms with Crippen molar-refractivity contribution in [2.45, 2.75) is 20.0 Å². The van der Waals surface area contributed by atoms with Crippen molar-refractivity contribution < 1.29 is 14.6 Å². The quantitative estimate of drug-likeness (QED) is 0.398. The number of benzene rings is 2. The zero-order chi connectivity index (χ0) is 17.4. The van der Waals surface area contributed by atoms with Crippen LogP contribution >= 0.6 is 12.2 Å². The second-order valence-corrected chi connectivity index (χ2v) is 5.54. The predicted octanol–water partition coefficient (Wildman–Crippen LogP) is 1.08. The molecule has 0 aromatic heterocycles. The maximum Gasteiger partial charge on any atom is 0.221 e. The number of nitrogens with one attached hydrogen (secondary N) is 2. The van der Waals surface area contributed by atoms with Gasteiger partial charge >= 0.3 is 0 Å². The number of hydrazine groups is 1. The Morgan fingerprint density at radius 2 is 1.96 bits per heavy atom. The fourth-order valence-electron chi connectivity index (χ4n) is 2.28. The molecule has 0 fully saturated rings. The molecule has 2 rings (SSSR count). The Morgan fingerprint density at radius 1 is 1.21 bits per heavy atom. The summed E-state index contributed by atoms with van der Waals surface area (Å²) in [6.07, 6.45) is 2.71. The van der Waals surface area contributed by atoms with Gasteiger partial charge in [0, 0.05) is 5.56 Å². The number of hydrazone groups is 1. The van der Waals surface area contributed by atoms with Gasteiger partial charge in [0.1, 0.15) is 6.61 Å². The zero-order valence-corrected chi connectivity index (χ0v) is 14.7. The normalized spacial score (nSPS) is 10.6. The van der Waals surface area contributed by atoms with Crippen molar-refractivity contribution in [1.29, 1.82) is 0 Å². The summed E-state index contributed by atoms with van der Waals surface area (Å²) in [5.41, 5.74) is 11.4. The number of aryl methyl sites for hydroxylation is 1. The predicted molar refractivity (Wildman–Crippen MR) is 99.2 cm³/mol. The highest BCUT2D eigenvalue weighted by Gasteiger charge is 2.08. The Labute approximate surface area is 147 Å². The summed E-state index contributed by atoms with van der Waals surface area (Å²) >= 11 is 4.72. The van der Waals surface area contributed by atoms with Gasteiger partial charge in [0.2, 0.25) is 5.11 Å². The summed E-state index contributed by atoms with van der Waals surface area (Å²) in [4.78, 5) is 0. The molecule has 5 nitrogen and oxygen atoms in total. The lowest BCUT2D eigenvalue weighted by atomic mass is 10.1. The van der Waals surface area contributed by atoms with E-state index >= 15 is 0 Å². The van der Waals surface area contributed by atoms with E-state index in [9.17, 15) is 0 Å². The number of hydrogen-bond acceptors (Lipinski definition) is 3. The van der Waals surface area contributed by atoms with Crippen molar-refractivity contribution in [3.05, 3.63) is 59.2 Å². The van der Waals surface area contributed by atoms with Crippen LogP contribution in [0.5, 0.6) is 11.5 Å². The highest BCUT2D eigenvalue weighted by molar-refractivity contribution is 7.80. The number of nitrogens with two attached hydrogens (primary N) is 1. The lowest BCUT2D eigenvalue weighted by Crippen LogP contribution is -2.82. The van der Waals surface area contributed by atoms with Gasteiger partial charge in [-0.05, 0) is 48.0 Å². The molecule has 126 valence electrons. The SMILES string of the molecule is CCc1ccccc1COc1ccc(C=[NH+]NC(N)=S)cc1OC. The standard InChI is InChI=1S/C18H21N3O2S/c1-3-14-6-4-5-7-15(14)12-23-16-9-8-13(10-17(16)22-2)11-20-21-18(19)24/h4-11H,3,12H2,1-2H3,(H3,19,21,24)/p+1. The van der Waals surface area contributed by atoms with Crippen molar-refractivity contribution in [1.82, 2.24) is 5.43 Å². The van der Waals surface area contributed by atoms with Crippen molar-refractivity contribution >= 4 is 23.5 Å². The first-order valence-electron chi connectivity index (χ1n) is 7.65. The van der Waals surface area contributed by atoms with Crippen LogP contribution in [0.2, 0.25) is 0 Å². The van der Waals surface area contributed by atoms with Gasteiger partial charge in [-0.1, -0.05) is 31.2 Å². The van der Waals surface area contributed by atoms with E-state index in [4.69, 9.17) is 27.4 Å². The topological polar surface area (TPSA) is 70.5 Å². The molecular weight excluding hydrogens is 322 g/mol. The average Bonchev–Trinajstić information content (AvgIpc) is 2.60. The average molecular weight is 344 g/mol. The molecule has 0 heterocycles. The van der Waals surface area contributed by atoms with Gasteiger partial charge in [-0.25, -0.2) is 0 Å². The number of ether oxygens (including phenoxy) is 2. The van der Waals surface area contributed by atoms with Gasteiger partial charge in [-0.15, -0.1) is 10.5 Å². The van der Waals surface area contributed by atoms with Crippen LogP contribution in [0, 0.1) is 0 Å². The Balaban J connectivity index is 2.10. The molecule has 2 aromatic rings. The highest BCUT2D eigenvalue weighted by atomic mass is 32.1. The summed E-state index contributed by atoms with van der Waals surface area (Å²) in [6, 6.07) is 13.9. The lowest BCUT2D eigenvalue weighted by Gasteiger charge is -2.13. The van der Waals surface area contributed by atoms with E-state index in [-0.39, 0.29) is 5.11 Å². The fraction of sp³-hybridized carbons (Fsp3) is 0.222. The molecule has 0 atom stereocenters. The molecule has 24 heavy (non-hydrogen) atoms. The first-order valence-corrected chi connectivity index (χ1v) is 8.06. The van der Waals surface area contributed by atoms with Crippen LogP contribution in [0.4, 0.5) is 0 Å². The molecule has 0 unspecified atom stereocenters. The van der Waals surface area contributed by atoms with E-state index < -0.39 is 0 Å². The summed E-state index contributed by atoms with van der Waals surface area (Å²) < 4.78 is 11.4. The minimum absolute atomic E-state index is 0.174. The van der Waals surface area contributed by atoms with Gasteiger partial charge < -0.3 is 15.2 Å². The third-order valence-electron chi connectivity index (χ3n) is 3.50. The van der Waals surface area contributed by atoms with E-state index in [2.05, 4.69) is 29.6 Å². The minimum atomic E-state index is 0.174. The molecule has 6 heteroatoms. The zero-order valence-electron chi connectivity index (χ0n) is 13.8. The maximum atomic E-state index is 5.94. The van der Waals surface area contributed by atoms with Crippen LogP contribution in [0.1, 0.15) is 23.6 Å².